The summed E-state index contributed by atoms with van der Waals surface area (Å²) in [6.07, 6.45) is 5.92. The van der Waals surface area contributed by atoms with E-state index in [0.29, 0.717) is 5.91 Å². The van der Waals surface area contributed by atoms with E-state index in [-0.39, 0.29) is 6.04 Å². The smallest absolute Gasteiger partial charge is 0.239 e. The van der Waals surface area contributed by atoms with E-state index in [0.717, 1.165) is 57.9 Å². The first kappa shape index (κ1) is 13.6. The Morgan fingerprint density at radius 2 is 2.20 bits per heavy atom. The molecule has 110 valence electrons. The van der Waals surface area contributed by atoms with Crippen LogP contribution in [-0.2, 0) is 18.4 Å². The van der Waals surface area contributed by atoms with Crippen LogP contribution in [0.15, 0.2) is 12.4 Å². The highest BCUT2D eigenvalue weighted by atomic mass is 16.2. The van der Waals surface area contributed by atoms with Gasteiger partial charge in [0, 0.05) is 45.6 Å². The summed E-state index contributed by atoms with van der Waals surface area (Å²) in [5.74, 6) is 1.38. The Kier molecular flexibility index (Phi) is 4.03. The van der Waals surface area contributed by atoms with Crippen LogP contribution < -0.4 is 5.32 Å². The highest BCUT2D eigenvalue weighted by molar-refractivity contribution is 5.82. The molecule has 6 nitrogen and oxygen atoms in total. The second-order valence-corrected chi connectivity index (χ2v) is 5.70. The van der Waals surface area contributed by atoms with Gasteiger partial charge in [0.05, 0.1) is 12.6 Å². The maximum Gasteiger partial charge on any atom is 0.239 e. The lowest BCUT2D eigenvalue weighted by molar-refractivity contribution is -0.134. The molecule has 0 aromatic carbocycles. The van der Waals surface area contributed by atoms with Gasteiger partial charge in [-0.3, -0.25) is 9.69 Å². The predicted octanol–water partition coefficient (Wildman–Crippen LogP) is -0.184. The molecule has 1 atom stereocenters. The standard InChI is InChI=1S/C14H23N5O/c1-17-6-5-16-13(17)11-18-7-9-19(10-8-18)14(20)12-3-2-4-15-12/h5-6,12,15H,2-4,7-11H2,1H3. The van der Waals surface area contributed by atoms with Gasteiger partial charge in [-0.25, -0.2) is 4.98 Å². The van der Waals surface area contributed by atoms with Crippen LogP contribution in [0, 0.1) is 0 Å². The number of nitrogens with one attached hydrogen (secondary N) is 1. The minimum Gasteiger partial charge on any atom is -0.339 e. The van der Waals surface area contributed by atoms with Gasteiger partial charge in [-0.15, -0.1) is 0 Å². The highest BCUT2D eigenvalue weighted by Crippen LogP contribution is 2.12. The first-order valence-corrected chi connectivity index (χ1v) is 7.45. The number of hydrogen-bond donors (Lipinski definition) is 1. The lowest BCUT2D eigenvalue weighted by Crippen LogP contribution is -2.52. The number of carbonyl (C=O) groups excluding carboxylic acids is 1. The Morgan fingerprint density at radius 3 is 2.80 bits per heavy atom. The van der Waals surface area contributed by atoms with E-state index in [1.54, 1.807) is 0 Å². The van der Waals surface area contributed by atoms with E-state index in [1.165, 1.54) is 0 Å². The molecule has 3 heterocycles. The molecule has 1 amide bonds. The maximum atomic E-state index is 12.3. The van der Waals surface area contributed by atoms with E-state index >= 15 is 0 Å². The Labute approximate surface area is 119 Å². The van der Waals surface area contributed by atoms with Crippen molar-refractivity contribution in [3.63, 3.8) is 0 Å². The van der Waals surface area contributed by atoms with Crippen molar-refractivity contribution in [2.45, 2.75) is 25.4 Å². The third kappa shape index (κ3) is 2.86. The molecule has 2 fully saturated rings. The predicted molar refractivity (Wildman–Crippen MR) is 76.1 cm³/mol. The van der Waals surface area contributed by atoms with Gasteiger partial charge in [0.1, 0.15) is 5.82 Å². The molecule has 2 aliphatic rings. The second kappa shape index (κ2) is 5.93. The number of hydrogen-bond acceptors (Lipinski definition) is 4. The largest absolute Gasteiger partial charge is 0.339 e. The van der Waals surface area contributed by atoms with Gasteiger partial charge in [0.25, 0.3) is 0 Å². The Morgan fingerprint density at radius 1 is 1.40 bits per heavy atom. The van der Waals surface area contributed by atoms with E-state index in [2.05, 4.69) is 19.8 Å². The van der Waals surface area contributed by atoms with Crippen molar-refractivity contribution < 1.29 is 4.79 Å². The molecule has 2 saturated heterocycles. The summed E-state index contributed by atoms with van der Waals surface area (Å²) in [5, 5.41) is 3.29. The molecule has 0 aliphatic carbocycles. The number of piperazine rings is 1. The fourth-order valence-electron chi connectivity index (χ4n) is 2.99. The zero-order valence-electron chi connectivity index (χ0n) is 12.1. The van der Waals surface area contributed by atoms with Crippen molar-refractivity contribution in [2.24, 2.45) is 7.05 Å². The molecule has 0 saturated carbocycles. The van der Waals surface area contributed by atoms with Crippen LogP contribution in [-0.4, -0.2) is 64.0 Å². The van der Waals surface area contributed by atoms with Crippen LogP contribution in [0.4, 0.5) is 0 Å². The molecule has 1 aromatic heterocycles. The van der Waals surface area contributed by atoms with Crippen molar-refractivity contribution in [3.05, 3.63) is 18.2 Å². The van der Waals surface area contributed by atoms with Crippen LogP contribution in [0.1, 0.15) is 18.7 Å². The highest BCUT2D eigenvalue weighted by Gasteiger charge is 2.29. The third-order valence-corrected chi connectivity index (χ3v) is 4.33. The average molecular weight is 277 g/mol. The number of amides is 1. The summed E-state index contributed by atoms with van der Waals surface area (Å²) in [4.78, 5) is 21.0. The molecule has 0 radical (unpaired) electrons. The minimum absolute atomic E-state index is 0.0658. The van der Waals surface area contributed by atoms with Gasteiger partial charge < -0.3 is 14.8 Å². The van der Waals surface area contributed by atoms with Crippen LogP contribution in [0.2, 0.25) is 0 Å². The number of nitrogens with zero attached hydrogens (tertiary/aromatic N) is 4. The number of aromatic nitrogens is 2. The Bertz CT molecular complexity index is 458. The molecule has 1 unspecified atom stereocenters. The van der Waals surface area contributed by atoms with Crippen molar-refractivity contribution in [1.82, 2.24) is 24.7 Å². The van der Waals surface area contributed by atoms with E-state index < -0.39 is 0 Å². The molecule has 0 spiro atoms. The van der Waals surface area contributed by atoms with Gasteiger partial charge in [-0.1, -0.05) is 0 Å². The number of rotatable bonds is 3. The van der Waals surface area contributed by atoms with Crippen molar-refractivity contribution in [3.8, 4) is 0 Å². The maximum absolute atomic E-state index is 12.3. The quantitative estimate of drug-likeness (QED) is 0.832. The van der Waals surface area contributed by atoms with Crippen LogP contribution in [0.25, 0.3) is 0 Å². The molecule has 1 N–H and O–H groups in total. The molecule has 0 bridgehead atoms. The Balaban J connectivity index is 1.49. The second-order valence-electron chi connectivity index (χ2n) is 5.70. The number of aryl methyl sites for hydroxylation is 1. The number of imidazole rings is 1. The summed E-state index contributed by atoms with van der Waals surface area (Å²) in [6, 6.07) is 0.0658. The molecule has 3 rings (SSSR count). The number of carbonyl (C=O) groups is 1. The normalized spacial score (nSPS) is 24.2. The fraction of sp³-hybridized carbons (Fsp3) is 0.714. The molecule has 1 aromatic rings. The first-order chi connectivity index (χ1) is 9.74. The molecular weight excluding hydrogens is 254 g/mol. The minimum atomic E-state index is 0.0658. The summed E-state index contributed by atoms with van der Waals surface area (Å²) in [5.41, 5.74) is 0. The van der Waals surface area contributed by atoms with Crippen LogP contribution >= 0.6 is 0 Å². The molecule has 2 aliphatic heterocycles. The van der Waals surface area contributed by atoms with Crippen molar-refractivity contribution >= 4 is 5.91 Å². The van der Waals surface area contributed by atoms with Crippen LogP contribution in [0.5, 0.6) is 0 Å². The first-order valence-electron chi connectivity index (χ1n) is 7.45. The van der Waals surface area contributed by atoms with Gasteiger partial charge in [-0.2, -0.15) is 0 Å². The van der Waals surface area contributed by atoms with Crippen molar-refractivity contribution in [1.29, 1.82) is 0 Å². The zero-order chi connectivity index (χ0) is 13.9. The van der Waals surface area contributed by atoms with E-state index in [1.807, 2.05) is 24.3 Å². The SMILES string of the molecule is Cn1ccnc1CN1CCN(C(=O)C2CCCN2)CC1. The average Bonchev–Trinajstić information content (AvgIpc) is 3.12. The summed E-state index contributed by atoms with van der Waals surface area (Å²) >= 11 is 0. The summed E-state index contributed by atoms with van der Waals surface area (Å²) < 4.78 is 2.06. The monoisotopic (exact) mass is 277 g/mol. The van der Waals surface area contributed by atoms with Gasteiger partial charge >= 0.3 is 0 Å². The summed E-state index contributed by atoms with van der Waals surface area (Å²) in [7, 11) is 2.02. The third-order valence-electron chi connectivity index (χ3n) is 4.33. The van der Waals surface area contributed by atoms with Crippen molar-refractivity contribution in [2.75, 3.05) is 32.7 Å². The molecular formula is C14H23N5O. The molecule has 6 heteroatoms. The fourth-order valence-corrected chi connectivity index (χ4v) is 2.99. The molecule has 20 heavy (non-hydrogen) atoms. The lowest BCUT2D eigenvalue weighted by atomic mass is 10.2. The Hall–Kier alpha value is -1.40. The zero-order valence-corrected chi connectivity index (χ0v) is 12.1. The van der Waals surface area contributed by atoms with E-state index in [4.69, 9.17) is 0 Å². The van der Waals surface area contributed by atoms with Gasteiger partial charge in [0.15, 0.2) is 0 Å². The summed E-state index contributed by atoms with van der Waals surface area (Å²) in [6.45, 7) is 5.39. The van der Waals surface area contributed by atoms with Gasteiger partial charge in [-0.05, 0) is 19.4 Å². The topological polar surface area (TPSA) is 53.4 Å². The van der Waals surface area contributed by atoms with Crippen LogP contribution in [0.3, 0.4) is 0 Å². The lowest BCUT2D eigenvalue weighted by Gasteiger charge is -2.35. The van der Waals surface area contributed by atoms with E-state index in [9.17, 15) is 4.79 Å². The van der Waals surface area contributed by atoms with Gasteiger partial charge in [0.2, 0.25) is 5.91 Å².